The van der Waals surface area contributed by atoms with Crippen LogP contribution in [0.4, 0.5) is 11.4 Å². The lowest BCUT2D eigenvalue weighted by atomic mass is 9.99. The molecular formula is C44H48ClN7O8S. The molecule has 3 aromatic carbocycles. The molecule has 0 radical (unpaired) electrons. The molecule has 1 saturated heterocycles. The van der Waals surface area contributed by atoms with Gasteiger partial charge in [0, 0.05) is 44.9 Å². The first-order valence-electron chi connectivity index (χ1n) is 20.1. The van der Waals surface area contributed by atoms with Crippen molar-refractivity contribution in [3.63, 3.8) is 0 Å². The number of carbonyl (C=O) groups excluding carboxylic acids is 3. The van der Waals surface area contributed by atoms with Crippen LogP contribution in [0.15, 0.2) is 77.8 Å². The predicted octanol–water partition coefficient (Wildman–Crippen LogP) is 6.55. The molecular weight excluding hydrogens is 822 g/mol. The SMILES string of the molecule is Cc1sc2c(c1C)C(c1ccc(Cl)cc1)=N[C@@H](CC(=O)Nc1ccc(OCCOCCOCCOCCOc3cccc(NC4CCC(=O)NC4=O)c3)cc1)c1nnc(C)n1-2. The number of ether oxygens (including phenoxy) is 5. The number of anilines is 2. The van der Waals surface area contributed by atoms with Crippen LogP contribution in [0.5, 0.6) is 11.5 Å². The Morgan fingerprint density at radius 3 is 2.20 bits per heavy atom. The molecule has 320 valence electrons. The van der Waals surface area contributed by atoms with Crippen molar-refractivity contribution < 1.29 is 38.1 Å². The molecule has 0 aliphatic carbocycles. The van der Waals surface area contributed by atoms with E-state index < -0.39 is 12.1 Å². The summed E-state index contributed by atoms with van der Waals surface area (Å²) in [7, 11) is 0. The fourth-order valence-corrected chi connectivity index (χ4v) is 8.18. The third kappa shape index (κ3) is 11.4. The van der Waals surface area contributed by atoms with Gasteiger partial charge in [-0.1, -0.05) is 29.8 Å². The summed E-state index contributed by atoms with van der Waals surface area (Å²) in [5, 5.41) is 19.0. The van der Waals surface area contributed by atoms with Gasteiger partial charge in [0.15, 0.2) is 5.82 Å². The normalized spacial score (nSPS) is 15.9. The summed E-state index contributed by atoms with van der Waals surface area (Å²) in [4.78, 5) is 43.2. The summed E-state index contributed by atoms with van der Waals surface area (Å²) >= 11 is 7.90. The van der Waals surface area contributed by atoms with Crippen LogP contribution in [-0.2, 0) is 28.6 Å². The second-order valence-electron chi connectivity index (χ2n) is 14.4. The topological polar surface area (TPSA) is 177 Å². The Labute approximate surface area is 362 Å². The summed E-state index contributed by atoms with van der Waals surface area (Å²) in [6.45, 7) is 9.25. The first kappa shape index (κ1) is 43.4. The minimum absolute atomic E-state index is 0.0648. The van der Waals surface area contributed by atoms with Crippen molar-refractivity contribution in [3.05, 3.63) is 111 Å². The zero-order valence-corrected chi connectivity index (χ0v) is 35.8. The van der Waals surface area contributed by atoms with Gasteiger partial charge in [-0.2, -0.15) is 0 Å². The van der Waals surface area contributed by atoms with E-state index in [1.54, 1.807) is 41.7 Å². The summed E-state index contributed by atoms with van der Waals surface area (Å²) in [5.74, 6) is 1.87. The number of carbonyl (C=O) groups is 3. The average Bonchev–Trinajstić information content (AvgIpc) is 3.73. The van der Waals surface area contributed by atoms with E-state index in [0.29, 0.717) is 93.7 Å². The van der Waals surface area contributed by atoms with E-state index in [2.05, 4.69) is 40.0 Å². The van der Waals surface area contributed by atoms with Crippen molar-refractivity contribution in [3.8, 4) is 16.5 Å². The van der Waals surface area contributed by atoms with Gasteiger partial charge in [0.25, 0.3) is 0 Å². The number of halogens is 1. The smallest absolute Gasteiger partial charge is 0.249 e. The second kappa shape index (κ2) is 20.7. The number of benzene rings is 3. The first-order valence-corrected chi connectivity index (χ1v) is 21.3. The van der Waals surface area contributed by atoms with Crippen molar-refractivity contribution >= 4 is 57.7 Å². The Hall–Kier alpha value is -5.65. The number of thiophene rings is 1. The molecule has 61 heavy (non-hydrogen) atoms. The number of aromatic nitrogens is 3. The number of hydrogen-bond donors (Lipinski definition) is 3. The molecule has 5 aromatic rings. The summed E-state index contributed by atoms with van der Waals surface area (Å²) in [6.07, 6.45) is 0.824. The van der Waals surface area contributed by atoms with Gasteiger partial charge in [0.2, 0.25) is 17.7 Å². The van der Waals surface area contributed by atoms with Crippen LogP contribution in [0.2, 0.25) is 5.02 Å². The predicted molar refractivity (Wildman–Crippen MR) is 233 cm³/mol. The van der Waals surface area contributed by atoms with E-state index >= 15 is 0 Å². The molecule has 2 aliphatic heterocycles. The Bertz CT molecular complexity index is 2350. The van der Waals surface area contributed by atoms with E-state index in [4.69, 9.17) is 40.3 Å². The minimum atomic E-state index is -0.575. The molecule has 0 bridgehead atoms. The van der Waals surface area contributed by atoms with Gasteiger partial charge >= 0.3 is 0 Å². The first-order chi connectivity index (χ1) is 29.6. The highest BCUT2D eigenvalue weighted by atomic mass is 35.5. The van der Waals surface area contributed by atoms with Crippen LogP contribution in [0.3, 0.4) is 0 Å². The van der Waals surface area contributed by atoms with Crippen LogP contribution in [0, 0.1) is 20.8 Å². The van der Waals surface area contributed by atoms with Gasteiger partial charge < -0.3 is 34.3 Å². The Morgan fingerprint density at radius 1 is 0.836 bits per heavy atom. The van der Waals surface area contributed by atoms with E-state index in [1.165, 1.54) is 4.88 Å². The number of nitrogens with one attached hydrogen (secondary N) is 3. The second-order valence-corrected chi connectivity index (χ2v) is 16.0. The third-order valence-electron chi connectivity index (χ3n) is 10.0. The van der Waals surface area contributed by atoms with Crippen molar-refractivity contribution in [1.29, 1.82) is 0 Å². The average molecular weight is 870 g/mol. The van der Waals surface area contributed by atoms with Crippen molar-refractivity contribution in [1.82, 2.24) is 20.1 Å². The molecule has 15 nitrogen and oxygen atoms in total. The van der Waals surface area contributed by atoms with E-state index in [0.717, 1.165) is 38.9 Å². The number of nitrogens with zero attached hydrogens (tertiary/aromatic N) is 4. The lowest BCUT2D eigenvalue weighted by molar-refractivity contribution is -0.133. The number of amides is 3. The lowest BCUT2D eigenvalue weighted by Gasteiger charge is -2.23. The lowest BCUT2D eigenvalue weighted by Crippen LogP contribution is -2.47. The Balaban J connectivity index is 0.774. The van der Waals surface area contributed by atoms with Gasteiger partial charge in [-0.15, -0.1) is 21.5 Å². The molecule has 0 spiro atoms. The van der Waals surface area contributed by atoms with E-state index in [9.17, 15) is 14.4 Å². The van der Waals surface area contributed by atoms with Crippen LogP contribution in [-0.4, -0.2) is 97.1 Å². The Kier molecular flexibility index (Phi) is 14.8. The summed E-state index contributed by atoms with van der Waals surface area (Å²) in [5.41, 5.74) is 5.21. The summed E-state index contributed by atoms with van der Waals surface area (Å²) in [6, 6.07) is 21.1. The molecule has 2 aliphatic rings. The molecule has 1 unspecified atom stereocenters. The van der Waals surface area contributed by atoms with E-state index in [1.807, 2.05) is 54.0 Å². The summed E-state index contributed by atoms with van der Waals surface area (Å²) < 4.78 is 30.4. The molecule has 3 N–H and O–H groups in total. The molecule has 0 saturated carbocycles. The van der Waals surface area contributed by atoms with Gasteiger partial charge in [-0.25, -0.2) is 0 Å². The number of aryl methyl sites for hydroxylation is 2. The van der Waals surface area contributed by atoms with Crippen LogP contribution < -0.4 is 25.4 Å². The van der Waals surface area contributed by atoms with E-state index in [-0.39, 0.29) is 24.1 Å². The van der Waals surface area contributed by atoms with Gasteiger partial charge in [0.05, 0.1) is 51.8 Å². The van der Waals surface area contributed by atoms with Crippen molar-refractivity contribution in [2.45, 2.75) is 52.1 Å². The third-order valence-corrected chi connectivity index (χ3v) is 11.5. The molecule has 17 heteroatoms. The zero-order valence-electron chi connectivity index (χ0n) is 34.2. The number of piperidine rings is 1. The van der Waals surface area contributed by atoms with Gasteiger partial charge in [-0.05, 0) is 81.3 Å². The van der Waals surface area contributed by atoms with Crippen LogP contribution >= 0.6 is 22.9 Å². The monoisotopic (exact) mass is 869 g/mol. The number of hydrogen-bond acceptors (Lipinski definition) is 13. The minimum Gasteiger partial charge on any atom is -0.491 e. The van der Waals surface area contributed by atoms with Crippen molar-refractivity contribution in [2.24, 2.45) is 4.99 Å². The highest BCUT2D eigenvalue weighted by molar-refractivity contribution is 7.15. The highest BCUT2D eigenvalue weighted by Crippen LogP contribution is 2.39. The fourth-order valence-electron chi connectivity index (χ4n) is 6.84. The van der Waals surface area contributed by atoms with Crippen LogP contribution in [0.25, 0.3) is 5.00 Å². The number of imide groups is 1. The maximum Gasteiger partial charge on any atom is 0.249 e. The molecule has 4 heterocycles. The highest BCUT2D eigenvalue weighted by Gasteiger charge is 2.32. The number of fused-ring (bicyclic) bond motifs is 3. The number of rotatable bonds is 20. The zero-order chi connectivity index (χ0) is 42.7. The largest absolute Gasteiger partial charge is 0.491 e. The molecule has 7 rings (SSSR count). The molecule has 1 fully saturated rings. The molecule has 3 amide bonds. The van der Waals surface area contributed by atoms with Crippen LogP contribution in [0.1, 0.15) is 58.5 Å². The maximum atomic E-state index is 13.5. The quantitative estimate of drug-likeness (QED) is 0.0571. The maximum absolute atomic E-state index is 13.5. The molecule has 2 atom stereocenters. The van der Waals surface area contributed by atoms with Gasteiger partial charge in [-0.3, -0.25) is 29.3 Å². The fraction of sp³-hybridized carbons (Fsp3) is 0.364. The molecule has 2 aromatic heterocycles. The number of aliphatic imine (C=N–C) groups is 1. The Morgan fingerprint density at radius 2 is 1.51 bits per heavy atom. The van der Waals surface area contributed by atoms with Crippen molar-refractivity contribution in [2.75, 3.05) is 63.5 Å². The van der Waals surface area contributed by atoms with Gasteiger partial charge in [0.1, 0.15) is 47.6 Å². The standard InChI is InChI=1S/C44H48ClN7O8S/c1-27-28(2)61-44-40(27)41(30-7-9-31(45)10-8-30)48-37(42-51-50-29(3)52(42)44)26-39(54)47-32-11-13-34(14-12-32)59-23-21-57-19-17-56-18-20-58-22-24-60-35-6-4-5-33(25-35)46-36-15-16-38(53)49-43(36)55/h4-14,25,36-37,46H,15-24,26H2,1-3H3,(H,47,54)(H,49,53,55)/t36?,37-/m0/s1.